The van der Waals surface area contributed by atoms with Crippen molar-refractivity contribution in [2.24, 2.45) is 0 Å². The van der Waals surface area contributed by atoms with E-state index >= 15 is 0 Å². The lowest BCUT2D eigenvalue weighted by Gasteiger charge is -2.36. The van der Waals surface area contributed by atoms with Gasteiger partial charge in [-0.25, -0.2) is 0 Å². The van der Waals surface area contributed by atoms with Gasteiger partial charge in [0.1, 0.15) is 0 Å². The van der Waals surface area contributed by atoms with Crippen molar-refractivity contribution in [3.05, 3.63) is 28.7 Å². The third-order valence-corrected chi connectivity index (χ3v) is 5.10. The van der Waals surface area contributed by atoms with Crippen LogP contribution in [0.5, 0.6) is 0 Å². The summed E-state index contributed by atoms with van der Waals surface area (Å²) in [6.45, 7) is 2.11. The van der Waals surface area contributed by atoms with Gasteiger partial charge in [-0.1, -0.05) is 0 Å². The predicted molar refractivity (Wildman–Crippen MR) is 73.5 cm³/mol. The molecule has 1 saturated heterocycles. The standard InChI is InChI=1S/C11H18N4O3S/c1-13(2)19(17,18)15-7-5-14(6-8-15)10-3-4-11(16)12-9-10/h3-4,9H,5-8H2,1-2H3,(H,12,16). The highest BCUT2D eigenvalue weighted by Crippen LogP contribution is 2.16. The molecule has 2 rings (SSSR count). The van der Waals surface area contributed by atoms with Crippen LogP contribution in [-0.2, 0) is 10.2 Å². The lowest BCUT2D eigenvalue weighted by Crippen LogP contribution is -2.51. The minimum Gasteiger partial charge on any atom is -0.368 e. The Morgan fingerprint density at radius 2 is 1.79 bits per heavy atom. The molecule has 8 heteroatoms. The maximum absolute atomic E-state index is 12.0. The summed E-state index contributed by atoms with van der Waals surface area (Å²) < 4.78 is 26.6. The van der Waals surface area contributed by atoms with Crippen molar-refractivity contribution in [3.63, 3.8) is 0 Å². The lowest BCUT2D eigenvalue weighted by atomic mass is 10.3. The van der Waals surface area contributed by atoms with Crippen LogP contribution in [0.25, 0.3) is 0 Å². The molecule has 0 atom stereocenters. The van der Waals surface area contributed by atoms with Gasteiger partial charge in [-0.2, -0.15) is 17.0 Å². The third kappa shape index (κ3) is 2.96. The van der Waals surface area contributed by atoms with Crippen LogP contribution in [0.15, 0.2) is 23.1 Å². The quantitative estimate of drug-likeness (QED) is 0.797. The molecule has 0 spiro atoms. The average molecular weight is 286 g/mol. The molecule has 1 fully saturated rings. The summed E-state index contributed by atoms with van der Waals surface area (Å²) in [5, 5.41) is 0. The number of anilines is 1. The smallest absolute Gasteiger partial charge is 0.281 e. The van der Waals surface area contributed by atoms with Crippen LogP contribution in [0.3, 0.4) is 0 Å². The van der Waals surface area contributed by atoms with Crippen molar-refractivity contribution in [2.75, 3.05) is 45.2 Å². The first kappa shape index (κ1) is 14.0. The van der Waals surface area contributed by atoms with Crippen molar-refractivity contribution in [1.82, 2.24) is 13.6 Å². The predicted octanol–water partition coefficient (Wildman–Crippen LogP) is -0.697. The number of nitrogens with zero attached hydrogens (tertiary/aromatic N) is 3. The van der Waals surface area contributed by atoms with Gasteiger partial charge < -0.3 is 9.88 Å². The summed E-state index contributed by atoms with van der Waals surface area (Å²) in [4.78, 5) is 15.7. The zero-order valence-electron chi connectivity index (χ0n) is 11.0. The first-order chi connectivity index (χ1) is 8.91. The second-order valence-electron chi connectivity index (χ2n) is 4.59. The lowest BCUT2D eigenvalue weighted by molar-refractivity contribution is 0.355. The van der Waals surface area contributed by atoms with Gasteiger partial charge in [0.2, 0.25) is 5.56 Å². The van der Waals surface area contributed by atoms with Gasteiger partial charge in [-0.3, -0.25) is 4.79 Å². The van der Waals surface area contributed by atoms with Crippen molar-refractivity contribution < 1.29 is 8.42 Å². The van der Waals surface area contributed by atoms with Gasteiger partial charge in [0.25, 0.3) is 10.2 Å². The zero-order valence-corrected chi connectivity index (χ0v) is 11.9. The molecule has 19 heavy (non-hydrogen) atoms. The fourth-order valence-electron chi connectivity index (χ4n) is 2.01. The number of piperazine rings is 1. The summed E-state index contributed by atoms with van der Waals surface area (Å²) in [7, 11) is -0.267. The molecule has 0 amide bonds. The van der Waals surface area contributed by atoms with Crippen molar-refractivity contribution >= 4 is 15.9 Å². The van der Waals surface area contributed by atoms with Gasteiger partial charge in [0.05, 0.1) is 5.69 Å². The van der Waals surface area contributed by atoms with Crippen LogP contribution in [0.2, 0.25) is 0 Å². The van der Waals surface area contributed by atoms with Crippen LogP contribution in [0.4, 0.5) is 5.69 Å². The van der Waals surface area contributed by atoms with Gasteiger partial charge >= 0.3 is 0 Å². The Morgan fingerprint density at radius 3 is 2.26 bits per heavy atom. The normalized spacial score (nSPS) is 17.9. The fraction of sp³-hybridized carbons (Fsp3) is 0.545. The molecule has 106 valence electrons. The Morgan fingerprint density at radius 1 is 1.16 bits per heavy atom. The van der Waals surface area contributed by atoms with E-state index in [0.29, 0.717) is 26.2 Å². The topological polar surface area (TPSA) is 76.7 Å². The van der Waals surface area contributed by atoms with E-state index in [9.17, 15) is 13.2 Å². The van der Waals surface area contributed by atoms with Crippen molar-refractivity contribution in [1.29, 1.82) is 0 Å². The number of hydrogen-bond acceptors (Lipinski definition) is 4. The number of pyridine rings is 1. The highest BCUT2D eigenvalue weighted by Gasteiger charge is 2.28. The van der Waals surface area contributed by atoms with Gasteiger partial charge in [-0.15, -0.1) is 0 Å². The van der Waals surface area contributed by atoms with Crippen LogP contribution >= 0.6 is 0 Å². The molecule has 0 bridgehead atoms. The second kappa shape index (κ2) is 5.32. The largest absolute Gasteiger partial charge is 0.368 e. The van der Waals surface area contributed by atoms with E-state index in [1.807, 2.05) is 0 Å². The number of rotatable bonds is 3. The highest BCUT2D eigenvalue weighted by molar-refractivity contribution is 7.86. The number of H-pyrrole nitrogens is 1. The Kier molecular flexibility index (Phi) is 3.93. The van der Waals surface area contributed by atoms with Crippen LogP contribution in [-0.4, -0.2) is 62.3 Å². The van der Waals surface area contributed by atoms with Crippen molar-refractivity contribution in [3.8, 4) is 0 Å². The molecule has 1 N–H and O–H groups in total. The molecule has 7 nitrogen and oxygen atoms in total. The van der Waals surface area contributed by atoms with E-state index in [1.54, 1.807) is 12.3 Å². The van der Waals surface area contributed by atoms with E-state index < -0.39 is 10.2 Å². The van der Waals surface area contributed by atoms with E-state index in [1.165, 1.54) is 28.8 Å². The number of nitrogens with one attached hydrogen (secondary N) is 1. The Labute approximate surface area is 112 Å². The Balaban J connectivity index is 2.04. The summed E-state index contributed by atoms with van der Waals surface area (Å²) in [5.74, 6) is 0. The van der Waals surface area contributed by atoms with E-state index in [2.05, 4.69) is 9.88 Å². The molecule has 1 aromatic heterocycles. The molecule has 0 radical (unpaired) electrons. The molecular formula is C11H18N4O3S. The Bertz CT molecular complexity index is 568. The number of aromatic amines is 1. The van der Waals surface area contributed by atoms with Crippen LogP contribution in [0, 0.1) is 0 Å². The summed E-state index contributed by atoms with van der Waals surface area (Å²) in [5.41, 5.74) is 0.763. The van der Waals surface area contributed by atoms with Gasteiger partial charge in [0, 0.05) is 52.5 Å². The molecule has 0 aliphatic carbocycles. The first-order valence-corrected chi connectivity index (χ1v) is 7.42. The zero-order chi connectivity index (χ0) is 14.0. The molecule has 2 heterocycles. The first-order valence-electron chi connectivity index (χ1n) is 6.02. The molecule has 1 aliphatic heterocycles. The minimum absolute atomic E-state index is 0.141. The van der Waals surface area contributed by atoms with Gasteiger partial charge in [-0.05, 0) is 6.07 Å². The summed E-state index contributed by atoms with van der Waals surface area (Å²) in [6.07, 6.45) is 1.65. The van der Waals surface area contributed by atoms with Crippen molar-refractivity contribution in [2.45, 2.75) is 0 Å². The minimum atomic E-state index is -3.33. The summed E-state index contributed by atoms with van der Waals surface area (Å²) in [6, 6.07) is 3.22. The Hall–Kier alpha value is -1.38. The van der Waals surface area contributed by atoms with E-state index in [-0.39, 0.29) is 5.56 Å². The van der Waals surface area contributed by atoms with E-state index in [0.717, 1.165) is 5.69 Å². The fourth-order valence-corrected chi connectivity index (χ4v) is 3.09. The maximum atomic E-state index is 12.0. The molecule has 1 aromatic rings. The van der Waals surface area contributed by atoms with Gasteiger partial charge in [0.15, 0.2) is 0 Å². The third-order valence-electron chi connectivity index (χ3n) is 3.16. The summed E-state index contributed by atoms with van der Waals surface area (Å²) >= 11 is 0. The number of hydrogen-bond donors (Lipinski definition) is 1. The van der Waals surface area contributed by atoms with Crippen LogP contribution in [0.1, 0.15) is 0 Å². The van der Waals surface area contributed by atoms with E-state index in [4.69, 9.17) is 0 Å². The molecule has 0 unspecified atom stereocenters. The average Bonchev–Trinajstić information content (AvgIpc) is 2.39. The monoisotopic (exact) mass is 286 g/mol. The maximum Gasteiger partial charge on any atom is 0.281 e. The molecule has 1 aliphatic rings. The highest BCUT2D eigenvalue weighted by atomic mass is 32.2. The van der Waals surface area contributed by atoms with Crippen LogP contribution < -0.4 is 10.5 Å². The SMILES string of the molecule is CN(C)S(=O)(=O)N1CCN(c2ccc(=O)[nH]c2)CC1. The second-order valence-corrected chi connectivity index (χ2v) is 6.73. The molecular weight excluding hydrogens is 268 g/mol. The molecule has 0 aromatic carbocycles. The molecule has 0 saturated carbocycles. The number of aromatic nitrogens is 1.